The zero-order chi connectivity index (χ0) is 16.1. The molecule has 1 fully saturated rings. The number of methoxy groups -OCH3 is 1. The number of rotatable bonds is 4. The molecule has 0 spiro atoms. The zero-order valence-electron chi connectivity index (χ0n) is 13.1. The van der Waals surface area contributed by atoms with Crippen LogP contribution in [0.1, 0.15) is 37.7 Å². The molecule has 0 amide bonds. The Morgan fingerprint density at radius 2 is 2.13 bits per heavy atom. The topological polar surface area (TPSA) is 64.1 Å². The van der Waals surface area contributed by atoms with Gasteiger partial charge in [0.15, 0.2) is 16.6 Å². The van der Waals surface area contributed by atoms with Gasteiger partial charge in [-0.3, -0.25) is 5.43 Å². The fourth-order valence-electron chi connectivity index (χ4n) is 2.85. The maximum Gasteiger partial charge on any atom is 0.231 e. The van der Waals surface area contributed by atoms with E-state index in [-0.39, 0.29) is 6.79 Å². The summed E-state index contributed by atoms with van der Waals surface area (Å²) in [6, 6.07) is 4.16. The summed E-state index contributed by atoms with van der Waals surface area (Å²) in [5.74, 6) is 1.92. The fourth-order valence-corrected chi connectivity index (χ4v) is 3.07. The van der Waals surface area contributed by atoms with Crippen LogP contribution in [0, 0.1) is 0 Å². The minimum atomic E-state index is 0.208. The molecule has 1 aromatic rings. The van der Waals surface area contributed by atoms with Gasteiger partial charge in [-0.1, -0.05) is 19.3 Å². The number of hydrazone groups is 1. The summed E-state index contributed by atoms with van der Waals surface area (Å²) >= 11 is 5.27. The molecule has 124 valence electrons. The second-order valence-electron chi connectivity index (χ2n) is 5.64. The SMILES string of the molecule is COc1cc(/C=N\NC(=S)NC2CCCCC2)cc2c1OCO2. The third-order valence-corrected chi connectivity index (χ3v) is 4.21. The number of nitrogens with one attached hydrogen (secondary N) is 2. The molecular formula is C16H21N3O3S. The molecule has 1 aliphatic heterocycles. The van der Waals surface area contributed by atoms with Crippen molar-refractivity contribution in [2.45, 2.75) is 38.1 Å². The van der Waals surface area contributed by atoms with Gasteiger partial charge < -0.3 is 19.5 Å². The van der Waals surface area contributed by atoms with Gasteiger partial charge in [-0.2, -0.15) is 5.10 Å². The van der Waals surface area contributed by atoms with E-state index in [1.165, 1.54) is 32.1 Å². The van der Waals surface area contributed by atoms with Gasteiger partial charge in [0, 0.05) is 11.6 Å². The standard InChI is InChI=1S/C16H21N3O3S/c1-20-13-7-11(8-14-15(13)22-10-21-14)9-17-19-16(23)18-12-5-3-2-4-6-12/h7-9,12H,2-6,10H2,1H3,(H2,18,19,23)/b17-9-. The summed E-state index contributed by atoms with van der Waals surface area (Å²) in [7, 11) is 1.60. The third-order valence-electron chi connectivity index (χ3n) is 4.00. The van der Waals surface area contributed by atoms with E-state index in [0.717, 1.165) is 5.56 Å². The second kappa shape index (κ2) is 7.50. The molecule has 1 aromatic carbocycles. The van der Waals surface area contributed by atoms with Crippen LogP contribution in [0.25, 0.3) is 0 Å². The van der Waals surface area contributed by atoms with Crippen LogP contribution in [0.2, 0.25) is 0 Å². The molecule has 0 atom stereocenters. The van der Waals surface area contributed by atoms with Gasteiger partial charge in [0.25, 0.3) is 0 Å². The number of nitrogens with zero attached hydrogens (tertiary/aromatic N) is 1. The molecule has 0 bridgehead atoms. The highest BCUT2D eigenvalue weighted by molar-refractivity contribution is 7.80. The maximum absolute atomic E-state index is 5.39. The smallest absolute Gasteiger partial charge is 0.231 e. The molecule has 0 unspecified atom stereocenters. The van der Waals surface area contributed by atoms with Crippen molar-refractivity contribution in [2.24, 2.45) is 5.10 Å². The fraction of sp³-hybridized carbons (Fsp3) is 0.500. The Balaban J connectivity index is 1.56. The van der Waals surface area contributed by atoms with Crippen molar-refractivity contribution in [3.05, 3.63) is 17.7 Å². The van der Waals surface area contributed by atoms with Crippen molar-refractivity contribution in [3.63, 3.8) is 0 Å². The Hall–Kier alpha value is -2.02. The summed E-state index contributed by atoms with van der Waals surface area (Å²) in [4.78, 5) is 0. The van der Waals surface area contributed by atoms with Gasteiger partial charge in [0.1, 0.15) is 0 Å². The van der Waals surface area contributed by atoms with E-state index in [9.17, 15) is 0 Å². The quantitative estimate of drug-likeness (QED) is 0.501. The predicted octanol–water partition coefficient (Wildman–Crippen LogP) is 2.55. The summed E-state index contributed by atoms with van der Waals surface area (Å²) in [5.41, 5.74) is 3.71. The molecule has 23 heavy (non-hydrogen) atoms. The molecule has 7 heteroatoms. The lowest BCUT2D eigenvalue weighted by atomic mass is 9.96. The number of fused-ring (bicyclic) bond motifs is 1. The highest BCUT2D eigenvalue weighted by atomic mass is 32.1. The minimum absolute atomic E-state index is 0.208. The monoisotopic (exact) mass is 335 g/mol. The highest BCUT2D eigenvalue weighted by Crippen LogP contribution is 2.41. The Morgan fingerprint density at radius 1 is 1.30 bits per heavy atom. The molecule has 6 nitrogen and oxygen atoms in total. The van der Waals surface area contributed by atoms with Crippen molar-refractivity contribution in [1.29, 1.82) is 0 Å². The van der Waals surface area contributed by atoms with Crippen LogP contribution in [0.15, 0.2) is 17.2 Å². The molecule has 1 aliphatic carbocycles. The van der Waals surface area contributed by atoms with E-state index in [1.807, 2.05) is 12.1 Å². The zero-order valence-corrected chi connectivity index (χ0v) is 13.9. The highest BCUT2D eigenvalue weighted by Gasteiger charge is 2.19. The lowest BCUT2D eigenvalue weighted by Crippen LogP contribution is -2.40. The molecule has 0 radical (unpaired) electrons. The van der Waals surface area contributed by atoms with Crippen LogP contribution in [0.4, 0.5) is 0 Å². The summed E-state index contributed by atoms with van der Waals surface area (Å²) < 4.78 is 16.1. The van der Waals surface area contributed by atoms with Gasteiger partial charge >= 0.3 is 0 Å². The molecular weight excluding hydrogens is 314 g/mol. The van der Waals surface area contributed by atoms with Crippen molar-refractivity contribution >= 4 is 23.5 Å². The van der Waals surface area contributed by atoms with Gasteiger partial charge in [0.05, 0.1) is 13.3 Å². The third kappa shape index (κ3) is 4.04. The molecule has 1 heterocycles. The summed E-state index contributed by atoms with van der Waals surface area (Å²) in [6.07, 6.45) is 7.87. The van der Waals surface area contributed by atoms with E-state index in [2.05, 4.69) is 15.8 Å². The van der Waals surface area contributed by atoms with E-state index in [1.54, 1.807) is 13.3 Å². The molecule has 0 saturated heterocycles. The van der Waals surface area contributed by atoms with Crippen molar-refractivity contribution < 1.29 is 14.2 Å². The van der Waals surface area contributed by atoms with E-state index in [4.69, 9.17) is 26.4 Å². The summed E-state index contributed by atoms with van der Waals surface area (Å²) in [6.45, 7) is 0.208. The summed E-state index contributed by atoms with van der Waals surface area (Å²) in [5, 5.41) is 8.04. The van der Waals surface area contributed by atoms with E-state index >= 15 is 0 Å². The van der Waals surface area contributed by atoms with Gasteiger partial charge in [-0.25, -0.2) is 0 Å². The molecule has 2 N–H and O–H groups in total. The van der Waals surface area contributed by atoms with Gasteiger partial charge in [0.2, 0.25) is 12.5 Å². The Bertz CT molecular complexity index is 600. The number of ether oxygens (including phenoxy) is 3. The largest absolute Gasteiger partial charge is 0.493 e. The Labute approximate surface area is 141 Å². The number of thiocarbonyl (C=S) groups is 1. The van der Waals surface area contributed by atoms with Gasteiger partial charge in [-0.05, 0) is 37.2 Å². The average molecular weight is 335 g/mol. The lowest BCUT2D eigenvalue weighted by molar-refractivity contribution is 0.171. The van der Waals surface area contributed by atoms with E-state index in [0.29, 0.717) is 28.4 Å². The lowest BCUT2D eigenvalue weighted by Gasteiger charge is -2.23. The molecule has 2 aliphatic rings. The molecule has 0 aromatic heterocycles. The molecule has 1 saturated carbocycles. The minimum Gasteiger partial charge on any atom is -0.493 e. The van der Waals surface area contributed by atoms with Gasteiger partial charge in [-0.15, -0.1) is 0 Å². The van der Waals surface area contributed by atoms with Crippen LogP contribution in [0.3, 0.4) is 0 Å². The molecule has 3 rings (SSSR count). The first-order valence-electron chi connectivity index (χ1n) is 7.83. The average Bonchev–Trinajstić information content (AvgIpc) is 3.03. The van der Waals surface area contributed by atoms with Crippen LogP contribution >= 0.6 is 12.2 Å². The second-order valence-corrected chi connectivity index (χ2v) is 6.04. The van der Waals surface area contributed by atoms with E-state index < -0.39 is 0 Å². The number of hydrogen-bond donors (Lipinski definition) is 2. The first kappa shape index (κ1) is 15.9. The Morgan fingerprint density at radius 3 is 2.91 bits per heavy atom. The number of hydrogen-bond acceptors (Lipinski definition) is 5. The number of benzene rings is 1. The van der Waals surface area contributed by atoms with Crippen LogP contribution in [0.5, 0.6) is 17.2 Å². The predicted molar refractivity (Wildman–Crippen MR) is 92.5 cm³/mol. The normalized spacial score (nSPS) is 17.3. The maximum atomic E-state index is 5.39. The van der Waals surface area contributed by atoms with Crippen molar-refractivity contribution in [1.82, 2.24) is 10.7 Å². The van der Waals surface area contributed by atoms with Crippen LogP contribution < -0.4 is 25.0 Å². The van der Waals surface area contributed by atoms with Crippen molar-refractivity contribution in [3.8, 4) is 17.2 Å². The van der Waals surface area contributed by atoms with Crippen molar-refractivity contribution in [2.75, 3.05) is 13.9 Å². The first-order chi connectivity index (χ1) is 11.3. The van der Waals surface area contributed by atoms with Crippen LogP contribution in [-0.2, 0) is 0 Å². The Kier molecular flexibility index (Phi) is 5.17. The van der Waals surface area contributed by atoms with Crippen LogP contribution in [-0.4, -0.2) is 31.3 Å². The first-order valence-corrected chi connectivity index (χ1v) is 8.24.